The zero-order valence-corrected chi connectivity index (χ0v) is 29.6. The molecule has 0 radical (unpaired) electrons. The summed E-state index contributed by atoms with van der Waals surface area (Å²) in [6, 6.07) is 5.14. The lowest BCUT2D eigenvalue weighted by Gasteiger charge is -2.49. The minimum atomic E-state index is -5.30. The SMILES string of the molecule is COc1ccc(COC(=O)C2=C(COC(=O)C(F)(F)F)CS[C@@H]3[C@H](NC(=O)/C(=N\OC(C)(C)C(=O)OC(C)(C)C)c4nsc(N)n4)C(=O)N23)cc1. The van der Waals surface area contributed by atoms with Crippen molar-refractivity contribution in [2.24, 2.45) is 5.16 Å². The predicted octanol–water partition coefficient (Wildman–Crippen LogP) is 2.47. The number of methoxy groups -OCH3 is 1. The van der Waals surface area contributed by atoms with Gasteiger partial charge in [0.2, 0.25) is 17.1 Å². The Bertz CT molecular complexity index is 1760. The van der Waals surface area contributed by atoms with E-state index in [0.717, 1.165) is 28.2 Å². The molecule has 0 unspecified atom stereocenters. The molecule has 2 aromatic rings. The van der Waals surface area contributed by atoms with Crippen molar-refractivity contribution in [2.75, 3.05) is 25.2 Å². The number of fused-ring (bicyclic) bond motifs is 1. The first kappa shape index (κ1) is 38.9. The number of nitrogens with zero attached hydrogens (tertiary/aromatic N) is 4. The Balaban J connectivity index is 1.56. The van der Waals surface area contributed by atoms with Crippen molar-refractivity contribution in [3.63, 3.8) is 0 Å². The number of oxime groups is 1. The molecule has 0 bridgehead atoms. The van der Waals surface area contributed by atoms with E-state index in [-0.39, 0.29) is 28.9 Å². The number of nitrogens with one attached hydrogen (secondary N) is 1. The topological polar surface area (TPSA) is 211 Å². The number of hydrogen-bond donors (Lipinski definition) is 2. The van der Waals surface area contributed by atoms with Gasteiger partial charge in [-0.3, -0.25) is 14.5 Å². The van der Waals surface area contributed by atoms with Crippen LogP contribution >= 0.6 is 23.3 Å². The van der Waals surface area contributed by atoms with Gasteiger partial charge in [0, 0.05) is 22.9 Å². The largest absolute Gasteiger partial charge is 0.497 e. The second-order valence-corrected chi connectivity index (χ2v) is 14.2. The smallest absolute Gasteiger partial charge is 0.490 e. The van der Waals surface area contributed by atoms with Crippen molar-refractivity contribution in [3.8, 4) is 5.75 Å². The van der Waals surface area contributed by atoms with Crippen LogP contribution in [0.15, 0.2) is 40.7 Å². The van der Waals surface area contributed by atoms with Crippen LogP contribution in [0.2, 0.25) is 0 Å². The van der Waals surface area contributed by atoms with E-state index < -0.39 is 76.5 Å². The number of carbonyl (C=O) groups is 5. The first-order chi connectivity index (χ1) is 23.7. The number of ether oxygens (including phenoxy) is 4. The molecule has 3 N–H and O–H groups in total. The van der Waals surface area contributed by atoms with Crippen LogP contribution in [0, 0.1) is 0 Å². The number of anilines is 1. The van der Waals surface area contributed by atoms with Gasteiger partial charge in [0.1, 0.15) is 41.7 Å². The molecule has 21 heteroatoms. The van der Waals surface area contributed by atoms with E-state index in [1.165, 1.54) is 21.0 Å². The van der Waals surface area contributed by atoms with Crippen LogP contribution < -0.4 is 15.8 Å². The van der Waals surface area contributed by atoms with Crippen LogP contribution in [0.5, 0.6) is 5.75 Å². The maximum absolute atomic E-state index is 13.5. The molecule has 16 nitrogen and oxygen atoms in total. The fourth-order valence-electron chi connectivity index (χ4n) is 4.28. The zero-order valence-electron chi connectivity index (χ0n) is 28.0. The summed E-state index contributed by atoms with van der Waals surface area (Å²) in [5, 5.41) is 5.30. The van der Waals surface area contributed by atoms with Crippen LogP contribution in [0.4, 0.5) is 18.3 Å². The van der Waals surface area contributed by atoms with Gasteiger partial charge >= 0.3 is 24.1 Å². The Morgan fingerprint density at radius 2 is 1.71 bits per heavy atom. The zero-order chi connectivity index (χ0) is 37.9. The number of nitrogens with two attached hydrogens (primary N) is 1. The third-order valence-electron chi connectivity index (χ3n) is 6.79. The number of hydrogen-bond acceptors (Lipinski definition) is 16. The standard InChI is InChI=1S/C30H33F3N6O10S2/c1-28(2,3)48-25(43)29(4,5)49-37-17(20-36-27(34)51-38-20)21(40)35-18-22(41)39-19(24(42)46-11-14-7-9-16(45-6)10-8-14)15(13-50-23(18)39)12-47-26(44)30(31,32)33/h7-10,18,23H,11-13H2,1-6H3,(H,35,40)(H2,34,36,38)/b37-17-/t18-,23-/m1/s1. The van der Waals surface area contributed by atoms with Gasteiger partial charge in [-0.15, -0.1) is 11.8 Å². The minimum absolute atomic E-state index is 0.0349. The number of benzene rings is 1. The highest BCUT2D eigenvalue weighted by atomic mass is 32.2. The Kier molecular flexibility index (Phi) is 11.5. The molecule has 0 aliphatic carbocycles. The summed E-state index contributed by atoms with van der Waals surface area (Å²) in [6.45, 7) is 6.38. The molecule has 1 fully saturated rings. The van der Waals surface area contributed by atoms with Gasteiger partial charge in [0.15, 0.2) is 5.13 Å². The number of halogens is 3. The van der Waals surface area contributed by atoms with Crippen LogP contribution in [-0.2, 0) is 49.6 Å². The summed E-state index contributed by atoms with van der Waals surface area (Å²) < 4.78 is 62.7. The van der Waals surface area contributed by atoms with Crippen molar-refractivity contribution in [2.45, 2.75) is 70.0 Å². The Morgan fingerprint density at radius 3 is 2.27 bits per heavy atom. The Morgan fingerprint density at radius 1 is 1.04 bits per heavy atom. The Hall–Kier alpha value is -4.92. The average Bonchev–Trinajstić information content (AvgIpc) is 3.48. The van der Waals surface area contributed by atoms with Crippen molar-refractivity contribution < 1.29 is 60.9 Å². The highest BCUT2D eigenvalue weighted by Crippen LogP contribution is 2.41. The second-order valence-electron chi connectivity index (χ2n) is 12.3. The number of alkyl halides is 3. The van der Waals surface area contributed by atoms with Crippen molar-refractivity contribution >= 4 is 63.9 Å². The van der Waals surface area contributed by atoms with E-state index >= 15 is 0 Å². The summed E-state index contributed by atoms with van der Waals surface area (Å²) >= 11 is 1.70. The fraction of sp³-hybridized carbons (Fsp3) is 0.467. The van der Waals surface area contributed by atoms with Gasteiger partial charge in [-0.1, -0.05) is 17.3 Å². The molecule has 2 atom stereocenters. The van der Waals surface area contributed by atoms with E-state index in [2.05, 4.69) is 24.6 Å². The molecule has 0 saturated carbocycles. The minimum Gasteiger partial charge on any atom is -0.497 e. The quantitative estimate of drug-likeness (QED) is 0.105. The van der Waals surface area contributed by atoms with Crippen LogP contribution in [0.3, 0.4) is 0 Å². The summed E-state index contributed by atoms with van der Waals surface area (Å²) in [5.74, 6) is -6.19. The summed E-state index contributed by atoms with van der Waals surface area (Å²) in [6.07, 6.45) is -5.30. The van der Waals surface area contributed by atoms with Crippen molar-refractivity contribution in [1.29, 1.82) is 0 Å². The molecule has 51 heavy (non-hydrogen) atoms. The lowest BCUT2D eigenvalue weighted by Crippen LogP contribution is -2.71. The van der Waals surface area contributed by atoms with Gasteiger partial charge in [0.05, 0.1) is 7.11 Å². The highest BCUT2D eigenvalue weighted by molar-refractivity contribution is 8.00. The molecule has 4 rings (SSSR count). The van der Waals surface area contributed by atoms with Gasteiger partial charge in [-0.25, -0.2) is 14.4 Å². The molecule has 1 aromatic carbocycles. The number of nitrogen functional groups attached to an aromatic ring is 1. The molecule has 2 aliphatic heterocycles. The number of carbonyl (C=O) groups excluding carboxylic acids is 5. The third kappa shape index (κ3) is 9.45. The summed E-state index contributed by atoms with van der Waals surface area (Å²) in [4.78, 5) is 74.8. The van der Waals surface area contributed by atoms with Crippen LogP contribution in [0.1, 0.15) is 46.0 Å². The number of rotatable bonds is 12. The number of thioether (sulfide) groups is 1. The molecule has 3 heterocycles. The molecule has 2 amide bonds. The van der Waals surface area contributed by atoms with E-state index in [0.29, 0.717) is 11.3 Å². The second kappa shape index (κ2) is 15.1. The molecular formula is C30H33F3N6O10S2. The molecule has 276 valence electrons. The lowest BCUT2D eigenvalue weighted by atomic mass is 10.0. The van der Waals surface area contributed by atoms with Gasteiger partial charge in [0.25, 0.3) is 11.8 Å². The number of β-lactam (4-membered cyclic amide) rings is 1. The lowest BCUT2D eigenvalue weighted by molar-refractivity contribution is -0.198. The van der Waals surface area contributed by atoms with Crippen molar-refractivity contribution in [3.05, 3.63) is 46.9 Å². The maximum atomic E-state index is 13.5. The van der Waals surface area contributed by atoms with Crippen LogP contribution in [-0.4, -0.2) is 98.0 Å². The highest BCUT2D eigenvalue weighted by Gasteiger charge is 2.55. The number of amides is 2. The predicted molar refractivity (Wildman–Crippen MR) is 174 cm³/mol. The normalized spacial score (nSPS) is 17.9. The van der Waals surface area contributed by atoms with Gasteiger partial charge in [-0.05, 0) is 52.3 Å². The first-order valence-electron chi connectivity index (χ1n) is 14.8. The molecule has 1 saturated heterocycles. The van der Waals surface area contributed by atoms with E-state index in [1.807, 2.05) is 0 Å². The Labute approximate surface area is 297 Å². The molecular weight excluding hydrogens is 725 g/mol. The third-order valence-corrected chi connectivity index (χ3v) is 8.67. The van der Waals surface area contributed by atoms with E-state index in [4.69, 9.17) is 24.8 Å². The van der Waals surface area contributed by atoms with Gasteiger partial charge in [-0.2, -0.15) is 22.5 Å². The summed E-state index contributed by atoms with van der Waals surface area (Å²) in [5.41, 5.74) is 2.53. The summed E-state index contributed by atoms with van der Waals surface area (Å²) in [7, 11) is 1.46. The van der Waals surface area contributed by atoms with E-state index in [9.17, 15) is 37.1 Å². The number of aromatic nitrogens is 2. The molecule has 1 aromatic heterocycles. The fourth-order valence-corrected chi connectivity index (χ4v) is 6.04. The van der Waals surface area contributed by atoms with Gasteiger partial charge < -0.3 is 34.8 Å². The molecule has 0 spiro atoms. The number of esters is 3. The maximum Gasteiger partial charge on any atom is 0.490 e. The van der Waals surface area contributed by atoms with E-state index in [1.54, 1.807) is 45.0 Å². The average molecular weight is 759 g/mol. The van der Waals surface area contributed by atoms with Crippen molar-refractivity contribution in [1.82, 2.24) is 19.6 Å². The monoisotopic (exact) mass is 758 g/mol. The first-order valence-corrected chi connectivity index (χ1v) is 16.6. The van der Waals surface area contributed by atoms with Crippen LogP contribution in [0.25, 0.3) is 0 Å². The molecule has 2 aliphatic rings.